The van der Waals surface area contributed by atoms with Crippen LogP contribution in [-0.2, 0) is 0 Å². The molecule has 3 aromatic rings. The molecule has 0 radical (unpaired) electrons. The van der Waals surface area contributed by atoms with Crippen LogP contribution in [0.25, 0.3) is 0 Å². The number of hydrogen-bond donors (Lipinski definition) is 2. The summed E-state index contributed by atoms with van der Waals surface area (Å²) in [5.74, 6) is 0.796. The summed E-state index contributed by atoms with van der Waals surface area (Å²) < 4.78 is 6.16. The van der Waals surface area contributed by atoms with Gasteiger partial charge in [-0.25, -0.2) is 0 Å². The monoisotopic (exact) mass is 397 g/mol. The molecular formula is C20H19N3O2S2. The predicted octanol–water partition coefficient (Wildman–Crippen LogP) is 3.79. The molecule has 0 saturated carbocycles. The van der Waals surface area contributed by atoms with E-state index in [1.807, 2.05) is 65.6 Å². The average molecular weight is 398 g/mol. The van der Waals surface area contributed by atoms with Gasteiger partial charge in [-0.15, -0.1) is 0 Å². The van der Waals surface area contributed by atoms with Gasteiger partial charge in [0.1, 0.15) is 11.8 Å². The topological polar surface area (TPSA) is 61.5 Å². The number of thiocarbonyl (C=S) groups is 1. The van der Waals surface area contributed by atoms with Crippen molar-refractivity contribution in [2.75, 3.05) is 13.2 Å². The highest BCUT2D eigenvalue weighted by atomic mass is 32.2. The summed E-state index contributed by atoms with van der Waals surface area (Å²) in [7, 11) is 0. The lowest BCUT2D eigenvalue weighted by atomic mass is 10.0. The van der Waals surface area contributed by atoms with Crippen LogP contribution in [0.5, 0.6) is 0 Å². The van der Waals surface area contributed by atoms with E-state index >= 15 is 0 Å². The van der Waals surface area contributed by atoms with Crippen molar-refractivity contribution >= 4 is 29.1 Å². The molecule has 3 heterocycles. The first-order chi connectivity index (χ1) is 13.3. The zero-order chi connectivity index (χ0) is 18.6. The summed E-state index contributed by atoms with van der Waals surface area (Å²) >= 11 is 7.08. The molecule has 1 aliphatic rings. The molecule has 0 bridgehead atoms. The standard InChI is InChI=1S/C20H19N3O2S2/c24-13-12-23-19(18(22-20(23)26)15-8-4-5-11-21-15)16-9-10-17(25-16)27-14-6-2-1-3-7-14/h1-11,18-19,24H,12-13H2,(H,22,26)/t18-,19+/m0/s1. The summed E-state index contributed by atoms with van der Waals surface area (Å²) in [6, 6.07) is 19.6. The Morgan fingerprint density at radius 1 is 1.11 bits per heavy atom. The van der Waals surface area contributed by atoms with Crippen molar-refractivity contribution in [3.8, 4) is 0 Å². The van der Waals surface area contributed by atoms with Crippen molar-refractivity contribution in [2.45, 2.75) is 22.1 Å². The van der Waals surface area contributed by atoms with E-state index in [-0.39, 0.29) is 18.7 Å². The Morgan fingerprint density at radius 2 is 1.93 bits per heavy atom. The van der Waals surface area contributed by atoms with Gasteiger partial charge in [0.05, 0.1) is 18.3 Å². The Hall–Kier alpha value is -2.35. The first kappa shape index (κ1) is 18.0. The van der Waals surface area contributed by atoms with Gasteiger partial charge in [-0.3, -0.25) is 4.98 Å². The zero-order valence-corrected chi connectivity index (χ0v) is 16.1. The van der Waals surface area contributed by atoms with E-state index in [4.69, 9.17) is 16.6 Å². The molecule has 7 heteroatoms. The molecule has 1 fully saturated rings. The van der Waals surface area contributed by atoms with Crippen LogP contribution in [0, 0.1) is 0 Å². The number of aliphatic hydroxyl groups excluding tert-OH is 1. The normalized spacial score (nSPS) is 19.3. The lowest BCUT2D eigenvalue weighted by molar-refractivity contribution is 0.204. The number of pyridine rings is 1. The third kappa shape index (κ3) is 3.85. The van der Waals surface area contributed by atoms with E-state index < -0.39 is 0 Å². The summed E-state index contributed by atoms with van der Waals surface area (Å²) in [5, 5.41) is 14.2. The van der Waals surface area contributed by atoms with Crippen molar-refractivity contribution in [3.63, 3.8) is 0 Å². The lowest BCUT2D eigenvalue weighted by Crippen LogP contribution is -2.32. The maximum atomic E-state index is 9.49. The second kappa shape index (κ2) is 8.12. The Kier molecular flexibility index (Phi) is 5.42. The van der Waals surface area contributed by atoms with E-state index in [1.165, 1.54) is 0 Å². The van der Waals surface area contributed by atoms with Crippen molar-refractivity contribution in [3.05, 3.63) is 78.3 Å². The molecule has 2 aromatic heterocycles. The van der Waals surface area contributed by atoms with Crippen LogP contribution in [0.1, 0.15) is 23.5 Å². The van der Waals surface area contributed by atoms with Crippen molar-refractivity contribution in [1.29, 1.82) is 0 Å². The van der Waals surface area contributed by atoms with Gasteiger partial charge in [-0.2, -0.15) is 0 Å². The highest BCUT2D eigenvalue weighted by molar-refractivity contribution is 7.99. The van der Waals surface area contributed by atoms with Gasteiger partial charge >= 0.3 is 0 Å². The van der Waals surface area contributed by atoms with Gasteiger partial charge in [0, 0.05) is 17.6 Å². The Balaban J connectivity index is 1.64. The maximum absolute atomic E-state index is 9.49. The van der Waals surface area contributed by atoms with Crippen molar-refractivity contribution in [2.24, 2.45) is 0 Å². The summed E-state index contributed by atoms with van der Waals surface area (Å²) in [6.07, 6.45) is 1.77. The number of rotatable bonds is 6. The minimum atomic E-state index is -0.162. The molecule has 1 aromatic carbocycles. The zero-order valence-electron chi connectivity index (χ0n) is 14.5. The van der Waals surface area contributed by atoms with Gasteiger partial charge in [-0.05, 0) is 48.6 Å². The Bertz CT molecular complexity index is 902. The molecule has 0 unspecified atom stereocenters. The number of nitrogens with one attached hydrogen (secondary N) is 1. The van der Waals surface area contributed by atoms with Gasteiger partial charge in [0.25, 0.3) is 0 Å². The van der Waals surface area contributed by atoms with E-state index in [9.17, 15) is 5.11 Å². The molecule has 2 N–H and O–H groups in total. The average Bonchev–Trinajstić information content (AvgIpc) is 3.28. The van der Waals surface area contributed by atoms with Crippen LogP contribution in [0.4, 0.5) is 0 Å². The molecule has 1 aliphatic heterocycles. The number of hydrogen-bond acceptors (Lipinski definition) is 5. The van der Waals surface area contributed by atoms with Gasteiger partial charge in [0.2, 0.25) is 0 Å². The summed E-state index contributed by atoms with van der Waals surface area (Å²) in [6.45, 7) is 0.446. The molecule has 0 aliphatic carbocycles. The first-order valence-electron chi connectivity index (χ1n) is 8.68. The maximum Gasteiger partial charge on any atom is 0.170 e. The molecular weight excluding hydrogens is 378 g/mol. The second-order valence-electron chi connectivity index (χ2n) is 6.12. The van der Waals surface area contributed by atoms with Crippen LogP contribution in [0.2, 0.25) is 0 Å². The SMILES string of the molecule is OCCN1C(=S)N[C@@H](c2ccccn2)[C@H]1c1ccc(Sc2ccccc2)o1. The Labute approximate surface area is 167 Å². The molecule has 138 valence electrons. The van der Waals surface area contributed by atoms with Gasteiger partial charge < -0.3 is 19.7 Å². The van der Waals surface area contributed by atoms with E-state index in [1.54, 1.807) is 18.0 Å². The van der Waals surface area contributed by atoms with Crippen molar-refractivity contribution in [1.82, 2.24) is 15.2 Å². The minimum absolute atomic E-state index is 0.0135. The number of aromatic nitrogens is 1. The highest BCUT2D eigenvalue weighted by Gasteiger charge is 2.41. The van der Waals surface area contributed by atoms with Crippen LogP contribution >= 0.6 is 24.0 Å². The largest absolute Gasteiger partial charge is 0.452 e. The number of nitrogens with zero attached hydrogens (tertiary/aromatic N) is 2. The van der Waals surface area contributed by atoms with Crippen molar-refractivity contribution < 1.29 is 9.52 Å². The second-order valence-corrected chi connectivity index (χ2v) is 7.58. The summed E-state index contributed by atoms with van der Waals surface area (Å²) in [5.41, 5.74) is 0.888. The molecule has 0 spiro atoms. The van der Waals surface area contributed by atoms with E-state index in [2.05, 4.69) is 10.3 Å². The molecule has 4 rings (SSSR count). The number of aliphatic hydroxyl groups is 1. The number of β-amino-alcohol motifs (C(OH)–C–C–N with tert-alkyl or cyclic N) is 1. The third-order valence-electron chi connectivity index (χ3n) is 4.39. The van der Waals surface area contributed by atoms with Crippen LogP contribution < -0.4 is 5.32 Å². The first-order valence-corrected chi connectivity index (χ1v) is 9.90. The molecule has 2 atom stereocenters. The van der Waals surface area contributed by atoms with E-state index in [0.717, 1.165) is 21.4 Å². The van der Waals surface area contributed by atoms with E-state index in [0.29, 0.717) is 11.7 Å². The van der Waals surface area contributed by atoms with Crippen LogP contribution in [-0.4, -0.2) is 33.3 Å². The minimum Gasteiger partial charge on any atom is -0.452 e. The fourth-order valence-corrected chi connectivity index (χ4v) is 4.35. The molecule has 0 amide bonds. The highest BCUT2D eigenvalue weighted by Crippen LogP contribution is 2.40. The van der Waals surface area contributed by atoms with Gasteiger partial charge in [-0.1, -0.05) is 36.0 Å². The fourth-order valence-electron chi connectivity index (χ4n) is 3.22. The smallest absolute Gasteiger partial charge is 0.170 e. The number of benzene rings is 1. The Morgan fingerprint density at radius 3 is 2.67 bits per heavy atom. The number of furan rings is 1. The quantitative estimate of drug-likeness (QED) is 0.614. The van der Waals surface area contributed by atoms with Gasteiger partial charge in [0.15, 0.2) is 10.2 Å². The lowest BCUT2D eigenvalue weighted by Gasteiger charge is -2.25. The molecule has 1 saturated heterocycles. The fraction of sp³-hybridized carbons (Fsp3) is 0.200. The summed E-state index contributed by atoms with van der Waals surface area (Å²) in [4.78, 5) is 7.56. The molecule has 27 heavy (non-hydrogen) atoms. The van der Waals surface area contributed by atoms with Crippen LogP contribution in [0.3, 0.4) is 0 Å². The van der Waals surface area contributed by atoms with Crippen LogP contribution in [0.15, 0.2) is 81.3 Å². The third-order valence-corrected chi connectivity index (χ3v) is 5.67. The molecule has 5 nitrogen and oxygen atoms in total. The predicted molar refractivity (Wildman–Crippen MR) is 109 cm³/mol.